The molecular weight excluding hydrogens is 352 g/mol. The summed E-state index contributed by atoms with van der Waals surface area (Å²) in [5, 5.41) is 10.2. The predicted molar refractivity (Wildman–Crippen MR) is 104 cm³/mol. The van der Waals surface area contributed by atoms with E-state index >= 15 is 0 Å². The number of nitrogens with one attached hydrogen (secondary N) is 3. The second kappa shape index (κ2) is 8.01. The molecule has 0 radical (unpaired) electrons. The highest BCUT2D eigenvalue weighted by molar-refractivity contribution is 6.40. The number of hydrogen-bond acceptors (Lipinski definition) is 3. The van der Waals surface area contributed by atoms with E-state index in [1.54, 1.807) is 12.1 Å². The van der Waals surface area contributed by atoms with E-state index in [-0.39, 0.29) is 11.9 Å². The first-order chi connectivity index (χ1) is 12.6. The molecule has 0 aliphatic rings. The maximum atomic E-state index is 12.6. The lowest BCUT2D eigenvalue weighted by molar-refractivity contribution is 0.0955. The molecule has 3 aromatic rings. The monoisotopic (exact) mass is 370 g/mol. The molecule has 6 nitrogen and oxygen atoms in total. The molecule has 3 rings (SSSR count). The van der Waals surface area contributed by atoms with Gasteiger partial charge in [-0.05, 0) is 19.1 Å². The molecule has 3 N–H and O–H groups in total. The lowest BCUT2D eigenvalue weighted by Crippen LogP contribution is -2.40. The molecule has 1 heterocycles. The van der Waals surface area contributed by atoms with Crippen LogP contribution in [0.15, 0.2) is 42.5 Å². The lowest BCUT2D eigenvalue weighted by atomic mass is 10.1. The van der Waals surface area contributed by atoms with E-state index in [0.29, 0.717) is 35.7 Å². The number of aromatic nitrogens is 1. The van der Waals surface area contributed by atoms with Gasteiger partial charge < -0.3 is 16.0 Å². The van der Waals surface area contributed by atoms with Crippen LogP contribution < -0.4 is 16.0 Å². The molecule has 0 aliphatic carbocycles. The second-order valence-corrected chi connectivity index (χ2v) is 6.06. The molecule has 1 aromatic heterocycles. The van der Waals surface area contributed by atoms with Crippen LogP contribution in [-0.4, -0.2) is 36.6 Å². The minimum atomic E-state index is -0.258. The zero-order chi connectivity index (χ0) is 18.5. The van der Waals surface area contributed by atoms with Crippen molar-refractivity contribution in [2.45, 2.75) is 6.92 Å². The second-order valence-electron chi connectivity index (χ2n) is 5.69. The maximum Gasteiger partial charge on any atom is 0.314 e. The molecule has 3 amide bonds. The first-order valence-corrected chi connectivity index (χ1v) is 8.76. The number of rotatable bonds is 5. The van der Waals surface area contributed by atoms with Crippen LogP contribution in [0.4, 0.5) is 4.79 Å². The van der Waals surface area contributed by atoms with E-state index in [1.165, 1.54) is 0 Å². The quantitative estimate of drug-likeness (QED) is 0.476. The molecule has 0 atom stereocenters. The minimum absolute atomic E-state index is 0.257. The van der Waals surface area contributed by atoms with Crippen LogP contribution in [0.5, 0.6) is 0 Å². The number of hydrogen-bond donors (Lipinski definition) is 3. The fraction of sp³-hybridized carbons (Fsp3) is 0.211. The number of urea groups is 1. The third-order valence-electron chi connectivity index (χ3n) is 3.92. The Labute approximate surface area is 155 Å². The normalized spacial score (nSPS) is 10.7. The van der Waals surface area contributed by atoms with Crippen molar-refractivity contribution in [3.63, 3.8) is 0 Å². The molecule has 26 heavy (non-hydrogen) atoms. The van der Waals surface area contributed by atoms with Crippen molar-refractivity contribution in [2.24, 2.45) is 0 Å². The summed E-state index contributed by atoms with van der Waals surface area (Å²) in [6, 6.07) is 12.7. The Bertz CT molecular complexity index is 974. The highest BCUT2D eigenvalue weighted by Crippen LogP contribution is 2.31. The molecule has 0 unspecified atom stereocenters. The van der Waals surface area contributed by atoms with Gasteiger partial charge in [0.25, 0.3) is 5.91 Å². The van der Waals surface area contributed by atoms with Gasteiger partial charge in [0.2, 0.25) is 0 Å². The van der Waals surface area contributed by atoms with Gasteiger partial charge in [0.05, 0.1) is 21.6 Å². The zero-order valence-corrected chi connectivity index (χ0v) is 15.1. The largest absolute Gasteiger partial charge is 0.350 e. The van der Waals surface area contributed by atoms with Gasteiger partial charge in [-0.3, -0.25) is 4.79 Å². The van der Waals surface area contributed by atoms with Crippen molar-refractivity contribution in [2.75, 3.05) is 19.6 Å². The van der Waals surface area contributed by atoms with Crippen LogP contribution in [0.2, 0.25) is 5.02 Å². The summed E-state index contributed by atoms with van der Waals surface area (Å²) in [6.45, 7) is 3.03. The summed E-state index contributed by atoms with van der Waals surface area (Å²) in [5.41, 5.74) is 1.75. The fourth-order valence-electron chi connectivity index (χ4n) is 2.72. The van der Waals surface area contributed by atoms with E-state index in [1.807, 2.05) is 37.3 Å². The Morgan fingerprint density at radius 2 is 1.69 bits per heavy atom. The van der Waals surface area contributed by atoms with E-state index in [0.717, 1.165) is 16.3 Å². The Balaban J connectivity index is 1.81. The smallest absolute Gasteiger partial charge is 0.314 e. The zero-order valence-electron chi connectivity index (χ0n) is 14.3. The average Bonchev–Trinajstić information content (AvgIpc) is 2.65. The number of fused-ring (bicyclic) bond motifs is 2. The van der Waals surface area contributed by atoms with Gasteiger partial charge in [-0.15, -0.1) is 0 Å². The third-order valence-corrected chi connectivity index (χ3v) is 4.33. The topological polar surface area (TPSA) is 83.1 Å². The number of pyridine rings is 1. The van der Waals surface area contributed by atoms with Gasteiger partial charge in [0.15, 0.2) is 0 Å². The van der Waals surface area contributed by atoms with E-state index < -0.39 is 0 Å². The predicted octanol–water partition coefficient (Wildman–Crippen LogP) is 3.09. The van der Waals surface area contributed by atoms with Gasteiger partial charge in [-0.25, -0.2) is 9.78 Å². The first kappa shape index (κ1) is 17.9. The molecule has 7 heteroatoms. The molecular formula is C19H19ClN4O2. The van der Waals surface area contributed by atoms with Crippen molar-refractivity contribution < 1.29 is 9.59 Å². The highest BCUT2D eigenvalue weighted by atomic mass is 35.5. The minimum Gasteiger partial charge on any atom is -0.350 e. The summed E-state index contributed by atoms with van der Waals surface area (Å²) in [7, 11) is 0. The lowest BCUT2D eigenvalue weighted by Gasteiger charge is -2.11. The number of halogens is 1. The Kier molecular flexibility index (Phi) is 5.53. The van der Waals surface area contributed by atoms with E-state index in [2.05, 4.69) is 20.9 Å². The van der Waals surface area contributed by atoms with Crippen molar-refractivity contribution in [3.05, 3.63) is 53.1 Å². The van der Waals surface area contributed by atoms with Crippen LogP contribution in [0.3, 0.4) is 0 Å². The molecule has 0 bridgehead atoms. The Hall–Kier alpha value is -2.86. The standard InChI is InChI=1S/C19H19ClN4O2/c1-2-21-19(26)23-11-10-22-18(25)14-8-5-7-13-16(20)12-6-3-4-9-15(12)24-17(13)14/h3-9H,2,10-11H2,1H3,(H,22,25)(H2,21,23,26). The van der Waals surface area contributed by atoms with Crippen LogP contribution >= 0.6 is 11.6 Å². The van der Waals surface area contributed by atoms with Crippen molar-refractivity contribution in [1.29, 1.82) is 0 Å². The summed E-state index contributed by atoms with van der Waals surface area (Å²) in [4.78, 5) is 28.5. The molecule has 2 aromatic carbocycles. The van der Waals surface area contributed by atoms with Crippen LogP contribution in [0.25, 0.3) is 21.8 Å². The molecule has 0 saturated heterocycles. The van der Waals surface area contributed by atoms with Crippen molar-refractivity contribution in [1.82, 2.24) is 20.9 Å². The summed E-state index contributed by atoms with van der Waals surface area (Å²) in [5.74, 6) is -0.257. The summed E-state index contributed by atoms with van der Waals surface area (Å²) < 4.78 is 0. The Morgan fingerprint density at radius 3 is 2.50 bits per heavy atom. The molecule has 0 aliphatic heterocycles. The van der Waals surface area contributed by atoms with Gasteiger partial charge in [0.1, 0.15) is 0 Å². The first-order valence-electron chi connectivity index (χ1n) is 8.38. The van der Waals surface area contributed by atoms with Crippen LogP contribution in [0.1, 0.15) is 17.3 Å². The van der Waals surface area contributed by atoms with Crippen molar-refractivity contribution >= 4 is 45.3 Å². The number of carbonyl (C=O) groups excluding carboxylic acids is 2. The molecule has 134 valence electrons. The van der Waals surface area contributed by atoms with E-state index in [4.69, 9.17) is 11.6 Å². The maximum absolute atomic E-state index is 12.6. The average molecular weight is 371 g/mol. The van der Waals surface area contributed by atoms with Gasteiger partial charge in [-0.2, -0.15) is 0 Å². The van der Waals surface area contributed by atoms with Crippen LogP contribution in [-0.2, 0) is 0 Å². The number of amides is 3. The summed E-state index contributed by atoms with van der Waals surface area (Å²) >= 11 is 6.52. The van der Waals surface area contributed by atoms with Crippen LogP contribution in [0, 0.1) is 0 Å². The van der Waals surface area contributed by atoms with E-state index in [9.17, 15) is 9.59 Å². The molecule has 0 spiro atoms. The highest BCUT2D eigenvalue weighted by Gasteiger charge is 2.14. The van der Waals surface area contributed by atoms with Crippen molar-refractivity contribution in [3.8, 4) is 0 Å². The number of para-hydroxylation sites is 2. The Morgan fingerprint density at radius 1 is 0.962 bits per heavy atom. The number of benzene rings is 2. The molecule has 0 saturated carbocycles. The SMILES string of the molecule is CCNC(=O)NCCNC(=O)c1cccc2c(Cl)c3ccccc3nc12. The molecule has 0 fully saturated rings. The fourth-order valence-corrected chi connectivity index (χ4v) is 3.03. The number of nitrogens with zero attached hydrogens (tertiary/aromatic N) is 1. The van der Waals surface area contributed by atoms with Gasteiger partial charge in [0, 0.05) is 30.4 Å². The summed E-state index contributed by atoms with van der Waals surface area (Å²) in [6.07, 6.45) is 0. The van der Waals surface area contributed by atoms with Gasteiger partial charge in [-0.1, -0.05) is 41.9 Å². The van der Waals surface area contributed by atoms with Gasteiger partial charge >= 0.3 is 6.03 Å². The third kappa shape index (κ3) is 3.70. The number of carbonyl (C=O) groups is 2.